The molecule has 238 valence electrons. The fourth-order valence-electron chi connectivity index (χ4n) is 5.96. The first-order chi connectivity index (χ1) is 21.8. The van der Waals surface area contributed by atoms with Crippen molar-refractivity contribution in [1.29, 1.82) is 0 Å². The Morgan fingerprint density at radius 3 is 2.64 bits per heavy atom. The van der Waals surface area contributed by atoms with Crippen LogP contribution in [0.25, 0.3) is 16.8 Å². The van der Waals surface area contributed by atoms with Crippen molar-refractivity contribution in [2.24, 2.45) is 11.7 Å². The number of rotatable bonds is 8. The maximum atomic E-state index is 15.3. The first-order valence-electron chi connectivity index (χ1n) is 14.9. The summed E-state index contributed by atoms with van der Waals surface area (Å²) in [5.74, 6) is -1.10. The smallest absolute Gasteiger partial charge is 0.407 e. The molecule has 0 saturated carbocycles. The van der Waals surface area contributed by atoms with Crippen LogP contribution in [0.4, 0.5) is 30.9 Å². The minimum Gasteiger partial charge on any atom is -0.453 e. The van der Waals surface area contributed by atoms with Gasteiger partial charge in [-0.25, -0.2) is 18.6 Å². The van der Waals surface area contributed by atoms with Crippen LogP contribution >= 0.6 is 0 Å². The molecule has 2 aliphatic rings. The highest BCUT2D eigenvalue weighted by Crippen LogP contribution is 2.32. The number of fused-ring (bicyclic) bond motifs is 1. The first kappa shape index (κ1) is 30.6. The van der Waals surface area contributed by atoms with Crippen molar-refractivity contribution in [3.63, 3.8) is 0 Å². The number of anilines is 3. The van der Waals surface area contributed by atoms with Crippen LogP contribution in [0.2, 0.25) is 0 Å². The zero-order valence-corrected chi connectivity index (χ0v) is 25.1. The zero-order valence-electron chi connectivity index (χ0n) is 25.1. The number of aromatic nitrogens is 4. The maximum absolute atomic E-state index is 15.3. The number of nitrogens with two attached hydrogens (primary N) is 1. The number of hydrogen-bond acceptors (Lipinski definition) is 10. The number of nitrogens with zero attached hydrogens (tertiary/aromatic N) is 5. The van der Waals surface area contributed by atoms with E-state index in [2.05, 4.69) is 30.6 Å². The van der Waals surface area contributed by atoms with Gasteiger partial charge in [-0.05, 0) is 54.7 Å². The van der Waals surface area contributed by atoms with Crippen LogP contribution in [0.15, 0.2) is 48.9 Å². The van der Waals surface area contributed by atoms with Crippen LogP contribution in [0.1, 0.15) is 25.3 Å². The highest BCUT2D eigenvalue weighted by Gasteiger charge is 2.34. The van der Waals surface area contributed by atoms with Crippen LogP contribution in [0, 0.1) is 17.6 Å². The predicted octanol–water partition coefficient (Wildman–Crippen LogP) is 4.02. The average Bonchev–Trinajstić information content (AvgIpc) is 3.43. The fraction of sp³-hybridized carbons (Fsp3) is 0.419. The number of benzene rings is 1. The molecular formula is C31H36F2N8O4. The Bertz CT molecular complexity index is 1630. The lowest BCUT2D eigenvalue weighted by Crippen LogP contribution is -2.62. The van der Waals surface area contributed by atoms with Crippen LogP contribution in [0.5, 0.6) is 0 Å². The average molecular weight is 623 g/mol. The molecule has 2 aliphatic heterocycles. The second-order valence-corrected chi connectivity index (χ2v) is 11.4. The fourth-order valence-corrected chi connectivity index (χ4v) is 5.96. The Kier molecular flexibility index (Phi) is 9.05. The Labute approximate surface area is 258 Å². The number of nitrogens with one attached hydrogen (secondary N) is 2. The molecule has 0 bridgehead atoms. The number of carbonyl (C=O) groups is 1. The molecule has 0 aliphatic carbocycles. The summed E-state index contributed by atoms with van der Waals surface area (Å²) in [6, 6.07) is 7.09. The summed E-state index contributed by atoms with van der Waals surface area (Å²) in [7, 11) is 1.32. The van der Waals surface area contributed by atoms with Crippen molar-refractivity contribution >= 4 is 28.9 Å². The van der Waals surface area contributed by atoms with Crippen LogP contribution in [0.3, 0.4) is 0 Å². The van der Waals surface area contributed by atoms with Gasteiger partial charge in [0.25, 0.3) is 0 Å². The van der Waals surface area contributed by atoms with E-state index in [-0.39, 0.29) is 42.0 Å². The van der Waals surface area contributed by atoms with E-state index in [0.29, 0.717) is 49.0 Å². The van der Waals surface area contributed by atoms with E-state index >= 15 is 8.78 Å². The summed E-state index contributed by atoms with van der Waals surface area (Å²) in [6.07, 6.45) is 5.96. The topological polar surface area (TPSA) is 141 Å². The molecule has 1 aromatic carbocycles. The summed E-state index contributed by atoms with van der Waals surface area (Å²) >= 11 is 0. The van der Waals surface area contributed by atoms with Gasteiger partial charge in [-0.3, -0.25) is 4.98 Å². The van der Waals surface area contributed by atoms with E-state index in [1.807, 2.05) is 13.0 Å². The molecule has 6 rings (SSSR count). The lowest BCUT2D eigenvalue weighted by Gasteiger charge is -2.42. The summed E-state index contributed by atoms with van der Waals surface area (Å²) in [5.41, 5.74) is 8.85. The van der Waals surface area contributed by atoms with Crippen molar-refractivity contribution in [3.8, 4) is 11.3 Å². The Morgan fingerprint density at radius 1 is 1.13 bits per heavy atom. The van der Waals surface area contributed by atoms with Gasteiger partial charge in [0, 0.05) is 38.5 Å². The van der Waals surface area contributed by atoms with Gasteiger partial charge >= 0.3 is 6.09 Å². The molecule has 0 radical (unpaired) electrons. The molecule has 0 spiro atoms. The van der Waals surface area contributed by atoms with Gasteiger partial charge in [0.05, 0.1) is 66.4 Å². The van der Waals surface area contributed by atoms with Crippen molar-refractivity contribution < 1.29 is 27.8 Å². The Balaban J connectivity index is 1.22. The second kappa shape index (κ2) is 13.3. The number of imidazole rings is 1. The summed E-state index contributed by atoms with van der Waals surface area (Å²) < 4.78 is 48.1. The number of hydrogen-bond donors (Lipinski definition) is 3. The minimum atomic E-state index is -0.729. The predicted molar refractivity (Wildman–Crippen MR) is 163 cm³/mol. The van der Waals surface area contributed by atoms with Gasteiger partial charge in [-0.15, -0.1) is 0 Å². The largest absolute Gasteiger partial charge is 0.453 e. The summed E-state index contributed by atoms with van der Waals surface area (Å²) in [5, 5.41) is 10.7. The number of carbonyl (C=O) groups excluding carboxylic acids is 1. The minimum absolute atomic E-state index is 0.0108. The molecule has 2 saturated heterocycles. The van der Waals surface area contributed by atoms with E-state index in [4.69, 9.17) is 19.9 Å². The van der Waals surface area contributed by atoms with Gasteiger partial charge in [-0.2, -0.15) is 9.61 Å². The van der Waals surface area contributed by atoms with E-state index in [9.17, 15) is 4.79 Å². The number of ether oxygens (including phenoxy) is 3. The number of amides is 1. The molecule has 45 heavy (non-hydrogen) atoms. The number of halogens is 2. The van der Waals surface area contributed by atoms with Crippen molar-refractivity contribution in [1.82, 2.24) is 24.9 Å². The van der Waals surface area contributed by atoms with Crippen molar-refractivity contribution in [2.75, 3.05) is 43.6 Å². The molecule has 3 aromatic heterocycles. The SMILES string of the molecule is COC(=O)N[C@@H]1[C@H](N)CN(c2ccncc2Nc2ncc3ccc(-c4c(F)cc(COC5CCOCC5)cc4F)nn23)C[C@@H]1C. The van der Waals surface area contributed by atoms with Gasteiger partial charge < -0.3 is 35.5 Å². The third kappa shape index (κ3) is 6.67. The zero-order chi connectivity index (χ0) is 31.5. The standard InChI is InChI=1S/C31H36F2N8O4/c1-18-15-40(16-24(34)29(18)38-31(42)43-2)27-5-8-35-14-26(27)37-30-36-13-20-3-4-25(39-41(20)30)28-22(32)11-19(12-23(28)33)17-45-21-6-9-44-10-7-21/h3-5,8,11-14,18,21,24,29H,6-7,9-10,15-17,34H2,1-2H3,(H,36,37)(H,38,42)/t18-,24+,29-/m0/s1. The summed E-state index contributed by atoms with van der Waals surface area (Å²) in [6.45, 7) is 4.44. The highest BCUT2D eigenvalue weighted by molar-refractivity contribution is 5.74. The van der Waals surface area contributed by atoms with Crippen LogP contribution in [-0.2, 0) is 20.8 Å². The van der Waals surface area contributed by atoms with E-state index in [1.165, 1.54) is 23.8 Å². The molecule has 3 atom stereocenters. The third-order valence-electron chi connectivity index (χ3n) is 8.27. The van der Waals surface area contributed by atoms with Crippen LogP contribution in [-0.4, -0.2) is 77.3 Å². The van der Waals surface area contributed by atoms with E-state index < -0.39 is 17.7 Å². The van der Waals surface area contributed by atoms with Gasteiger partial charge in [0.2, 0.25) is 5.95 Å². The molecular weight excluding hydrogens is 586 g/mol. The monoisotopic (exact) mass is 622 g/mol. The Hall–Kier alpha value is -4.40. The third-order valence-corrected chi connectivity index (χ3v) is 8.27. The normalized spacial score (nSPS) is 20.7. The quantitative estimate of drug-likeness (QED) is 0.264. The van der Waals surface area contributed by atoms with E-state index in [1.54, 1.807) is 30.7 Å². The Morgan fingerprint density at radius 2 is 1.91 bits per heavy atom. The first-order valence-corrected chi connectivity index (χ1v) is 14.9. The number of methoxy groups -OCH3 is 1. The number of alkyl carbamates (subject to hydrolysis) is 1. The molecule has 4 aromatic rings. The lowest BCUT2D eigenvalue weighted by molar-refractivity contribution is -0.0391. The van der Waals surface area contributed by atoms with Gasteiger partial charge in [0.15, 0.2) is 0 Å². The van der Waals surface area contributed by atoms with Crippen molar-refractivity contribution in [3.05, 3.63) is 66.1 Å². The molecule has 12 nitrogen and oxygen atoms in total. The number of pyridine rings is 1. The lowest BCUT2D eigenvalue weighted by atomic mass is 9.90. The second-order valence-electron chi connectivity index (χ2n) is 11.4. The van der Waals surface area contributed by atoms with Crippen molar-refractivity contribution in [2.45, 2.75) is 44.6 Å². The number of piperidine rings is 1. The van der Waals surface area contributed by atoms with Gasteiger partial charge in [-0.1, -0.05) is 6.92 Å². The van der Waals surface area contributed by atoms with E-state index in [0.717, 1.165) is 18.5 Å². The highest BCUT2D eigenvalue weighted by atomic mass is 19.1. The van der Waals surface area contributed by atoms with Gasteiger partial charge in [0.1, 0.15) is 11.6 Å². The maximum Gasteiger partial charge on any atom is 0.407 e. The molecule has 4 N–H and O–H groups in total. The molecule has 0 unspecified atom stereocenters. The molecule has 2 fully saturated rings. The molecule has 14 heteroatoms. The summed E-state index contributed by atoms with van der Waals surface area (Å²) in [4.78, 5) is 22.7. The van der Waals surface area contributed by atoms with Crippen LogP contribution < -0.4 is 21.3 Å². The molecule has 1 amide bonds. The molecule has 5 heterocycles.